The lowest BCUT2D eigenvalue weighted by Crippen LogP contribution is -2.41. The fourth-order valence-electron chi connectivity index (χ4n) is 2.61. The molecule has 0 aliphatic carbocycles. The van der Waals surface area contributed by atoms with E-state index >= 15 is 0 Å². The number of rotatable bonds is 5. The average Bonchev–Trinajstić information content (AvgIpc) is 2.35. The maximum Gasteiger partial charge on any atom is 0.0747 e. The molecule has 0 radical (unpaired) electrons. The maximum absolute atomic E-state index is 8.77. The number of nitrogens with one attached hydrogen (secondary N) is 1. The highest BCUT2D eigenvalue weighted by atomic mass is 16.3. The zero-order chi connectivity index (χ0) is 13.0. The predicted octanol–water partition coefficient (Wildman–Crippen LogP) is 1.78. The molecular weight excluding hydrogens is 224 g/mol. The highest BCUT2D eigenvalue weighted by Crippen LogP contribution is 2.26. The third-order valence-electron chi connectivity index (χ3n) is 3.43. The van der Waals surface area contributed by atoms with Gasteiger partial charge in [-0.25, -0.2) is 0 Å². The normalized spacial score (nSPS) is 22.5. The Kier molecular flexibility index (Phi) is 4.15. The summed E-state index contributed by atoms with van der Waals surface area (Å²) in [6.07, 6.45) is 1.78. The van der Waals surface area contributed by atoms with Crippen LogP contribution in [0.4, 0.5) is 0 Å². The van der Waals surface area contributed by atoms with Gasteiger partial charge in [0.2, 0.25) is 0 Å². The molecular formula is C15H22N2O. The quantitative estimate of drug-likeness (QED) is 0.778. The Morgan fingerprint density at radius 1 is 1.39 bits per heavy atom. The average molecular weight is 246 g/mol. The van der Waals surface area contributed by atoms with Gasteiger partial charge in [-0.05, 0) is 44.4 Å². The minimum atomic E-state index is -0.0616. The first-order valence-corrected chi connectivity index (χ1v) is 6.61. The van der Waals surface area contributed by atoms with Crippen molar-refractivity contribution in [1.82, 2.24) is 5.32 Å². The Bertz CT molecular complexity index is 442. The van der Waals surface area contributed by atoms with E-state index in [2.05, 4.69) is 43.4 Å². The molecule has 0 amide bonds. The molecule has 0 bridgehead atoms. The van der Waals surface area contributed by atoms with Gasteiger partial charge < -0.3 is 10.4 Å². The van der Waals surface area contributed by atoms with Gasteiger partial charge in [-0.2, -0.15) is 0 Å². The van der Waals surface area contributed by atoms with Gasteiger partial charge in [-0.15, -0.1) is 0 Å². The van der Waals surface area contributed by atoms with E-state index in [9.17, 15) is 0 Å². The molecule has 0 saturated carbocycles. The molecule has 1 aliphatic rings. The van der Waals surface area contributed by atoms with E-state index in [0.29, 0.717) is 0 Å². The summed E-state index contributed by atoms with van der Waals surface area (Å²) in [5.74, 6) is 0. The molecule has 1 unspecified atom stereocenters. The number of fused-ring (bicyclic) bond motifs is 1. The summed E-state index contributed by atoms with van der Waals surface area (Å²) in [7, 11) is 0. The molecule has 0 spiro atoms. The Morgan fingerprint density at radius 3 is 2.94 bits per heavy atom. The van der Waals surface area contributed by atoms with E-state index in [1.54, 1.807) is 0 Å². The van der Waals surface area contributed by atoms with Crippen molar-refractivity contribution in [3.8, 4) is 0 Å². The van der Waals surface area contributed by atoms with Gasteiger partial charge in [-0.3, -0.25) is 4.99 Å². The van der Waals surface area contributed by atoms with Gasteiger partial charge in [-0.1, -0.05) is 24.3 Å². The first-order valence-electron chi connectivity index (χ1n) is 6.61. The Hall–Kier alpha value is -1.19. The van der Waals surface area contributed by atoms with Gasteiger partial charge in [0.15, 0.2) is 0 Å². The molecule has 1 aromatic carbocycles. The van der Waals surface area contributed by atoms with Crippen LogP contribution in [0.5, 0.6) is 0 Å². The molecule has 0 saturated heterocycles. The molecule has 0 aromatic heterocycles. The van der Waals surface area contributed by atoms with E-state index in [1.807, 2.05) is 0 Å². The predicted molar refractivity (Wildman–Crippen MR) is 75.3 cm³/mol. The summed E-state index contributed by atoms with van der Waals surface area (Å²) in [6.45, 7) is 6.23. The number of nitrogens with zero attached hydrogens (tertiary/aromatic N) is 1. The van der Waals surface area contributed by atoms with E-state index in [4.69, 9.17) is 10.1 Å². The van der Waals surface area contributed by atoms with Crippen LogP contribution in [0.15, 0.2) is 29.3 Å². The summed E-state index contributed by atoms with van der Waals surface area (Å²) in [5, 5.41) is 12.2. The molecule has 2 rings (SSSR count). The van der Waals surface area contributed by atoms with Crippen molar-refractivity contribution >= 4 is 5.71 Å². The van der Waals surface area contributed by atoms with Crippen LogP contribution in [0.2, 0.25) is 0 Å². The topological polar surface area (TPSA) is 44.6 Å². The number of hydrogen-bond acceptors (Lipinski definition) is 3. The maximum atomic E-state index is 8.77. The van der Waals surface area contributed by atoms with Crippen LogP contribution >= 0.6 is 0 Å². The minimum absolute atomic E-state index is 0.0616. The molecule has 98 valence electrons. The van der Waals surface area contributed by atoms with Gasteiger partial charge >= 0.3 is 0 Å². The second-order valence-corrected chi connectivity index (χ2v) is 5.28. The fourth-order valence-corrected chi connectivity index (χ4v) is 2.61. The van der Waals surface area contributed by atoms with E-state index in [-0.39, 0.29) is 12.1 Å². The van der Waals surface area contributed by atoms with Crippen molar-refractivity contribution in [1.29, 1.82) is 0 Å². The number of aliphatic imine (C=N–C) groups is 1. The van der Waals surface area contributed by atoms with Crippen molar-refractivity contribution in [2.75, 3.05) is 19.7 Å². The minimum Gasteiger partial charge on any atom is -0.396 e. The van der Waals surface area contributed by atoms with Crippen LogP contribution in [-0.2, 0) is 6.42 Å². The molecule has 1 atom stereocenters. The summed E-state index contributed by atoms with van der Waals surface area (Å²) < 4.78 is 0. The van der Waals surface area contributed by atoms with Gasteiger partial charge in [0.25, 0.3) is 0 Å². The lowest BCUT2D eigenvalue weighted by Gasteiger charge is -2.32. The Labute approximate surface area is 109 Å². The van der Waals surface area contributed by atoms with Gasteiger partial charge in [0.05, 0.1) is 5.54 Å². The zero-order valence-corrected chi connectivity index (χ0v) is 11.2. The molecule has 1 aliphatic heterocycles. The SMILES string of the molecule is CC1=NC(C)(CNCCCO)Cc2ccccc21. The molecule has 3 heteroatoms. The summed E-state index contributed by atoms with van der Waals surface area (Å²) in [4.78, 5) is 4.84. The van der Waals surface area contributed by atoms with Crippen LogP contribution in [0.3, 0.4) is 0 Å². The Balaban J connectivity index is 2.06. The molecule has 1 heterocycles. The third kappa shape index (κ3) is 2.98. The number of aliphatic hydroxyl groups excluding tert-OH is 1. The second kappa shape index (κ2) is 5.63. The fraction of sp³-hybridized carbons (Fsp3) is 0.533. The van der Waals surface area contributed by atoms with Crippen LogP contribution in [0.1, 0.15) is 31.4 Å². The third-order valence-corrected chi connectivity index (χ3v) is 3.43. The molecule has 0 fully saturated rings. The lowest BCUT2D eigenvalue weighted by molar-refractivity contribution is 0.283. The lowest BCUT2D eigenvalue weighted by atomic mass is 9.86. The van der Waals surface area contributed by atoms with Crippen molar-refractivity contribution in [2.45, 2.75) is 32.2 Å². The first-order chi connectivity index (χ1) is 8.64. The monoisotopic (exact) mass is 246 g/mol. The van der Waals surface area contributed by atoms with E-state index < -0.39 is 0 Å². The van der Waals surface area contributed by atoms with Crippen molar-refractivity contribution in [2.24, 2.45) is 4.99 Å². The van der Waals surface area contributed by atoms with Crippen molar-refractivity contribution < 1.29 is 5.11 Å². The molecule has 2 N–H and O–H groups in total. The van der Waals surface area contributed by atoms with Crippen molar-refractivity contribution in [3.63, 3.8) is 0 Å². The molecule has 3 nitrogen and oxygen atoms in total. The number of hydrogen-bond donors (Lipinski definition) is 2. The first kappa shape index (κ1) is 13.2. The highest BCUT2D eigenvalue weighted by molar-refractivity contribution is 6.01. The van der Waals surface area contributed by atoms with Crippen LogP contribution in [0.25, 0.3) is 0 Å². The van der Waals surface area contributed by atoms with E-state index in [0.717, 1.165) is 31.6 Å². The standard InChI is InChI=1S/C15H22N2O/c1-12-14-7-4-3-6-13(14)10-15(2,17-12)11-16-8-5-9-18/h3-4,6-7,16,18H,5,8-11H2,1-2H3. The Morgan fingerprint density at radius 2 is 2.17 bits per heavy atom. The molecule has 18 heavy (non-hydrogen) atoms. The molecule has 1 aromatic rings. The second-order valence-electron chi connectivity index (χ2n) is 5.28. The largest absolute Gasteiger partial charge is 0.396 e. The van der Waals surface area contributed by atoms with Crippen LogP contribution < -0.4 is 5.32 Å². The summed E-state index contributed by atoms with van der Waals surface area (Å²) in [6, 6.07) is 8.50. The smallest absolute Gasteiger partial charge is 0.0747 e. The van der Waals surface area contributed by atoms with Crippen LogP contribution in [0, 0.1) is 0 Å². The summed E-state index contributed by atoms with van der Waals surface area (Å²) in [5.41, 5.74) is 3.73. The summed E-state index contributed by atoms with van der Waals surface area (Å²) >= 11 is 0. The van der Waals surface area contributed by atoms with Crippen LogP contribution in [-0.4, -0.2) is 36.1 Å². The zero-order valence-electron chi connectivity index (χ0n) is 11.2. The van der Waals surface area contributed by atoms with Crippen molar-refractivity contribution in [3.05, 3.63) is 35.4 Å². The van der Waals surface area contributed by atoms with E-state index in [1.165, 1.54) is 11.1 Å². The highest BCUT2D eigenvalue weighted by Gasteiger charge is 2.28. The number of benzene rings is 1. The van der Waals surface area contributed by atoms with Gasteiger partial charge in [0.1, 0.15) is 0 Å². The number of aliphatic hydroxyl groups is 1. The van der Waals surface area contributed by atoms with Gasteiger partial charge in [0, 0.05) is 18.9 Å².